The van der Waals surface area contributed by atoms with E-state index in [9.17, 15) is 4.79 Å². The van der Waals surface area contributed by atoms with Crippen molar-refractivity contribution in [1.82, 2.24) is 15.0 Å². The first-order valence-corrected chi connectivity index (χ1v) is 7.60. The predicted molar refractivity (Wildman–Crippen MR) is 82.4 cm³/mol. The van der Waals surface area contributed by atoms with Crippen LogP contribution in [0.4, 0.5) is 5.82 Å². The fourth-order valence-corrected chi connectivity index (χ4v) is 2.34. The van der Waals surface area contributed by atoms with Gasteiger partial charge in [0.2, 0.25) is 5.91 Å². The van der Waals surface area contributed by atoms with E-state index in [1.807, 2.05) is 20.8 Å². The number of aromatic nitrogens is 1. The Bertz CT molecular complexity index is 470. The summed E-state index contributed by atoms with van der Waals surface area (Å²) in [5, 5.41) is 6.72. The van der Waals surface area contributed by atoms with E-state index in [4.69, 9.17) is 4.52 Å². The van der Waals surface area contributed by atoms with Gasteiger partial charge in [0.15, 0.2) is 5.82 Å². The van der Waals surface area contributed by atoms with E-state index in [-0.39, 0.29) is 11.3 Å². The fourth-order valence-electron chi connectivity index (χ4n) is 2.34. The normalized spacial score (nSPS) is 17.9. The maximum absolute atomic E-state index is 12.0. The van der Waals surface area contributed by atoms with E-state index in [1.54, 1.807) is 6.07 Å². The van der Waals surface area contributed by atoms with Crippen molar-refractivity contribution in [2.75, 3.05) is 44.6 Å². The highest BCUT2D eigenvalue weighted by Gasteiger charge is 2.21. The van der Waals surface area contributed by atoms with Crippen molar-refractivity contribution in [3.05, 3.63) is 11.8 Å². The van der Waals surface area contributed by atoms with Gasteiger partial charge in [-0.15, -0.1) is 0 Å². The van der Waals surface area contributed by atoms with Crippen LogP contribution in [0.3, 0.4) is 0 Å². The Hall–Kier alpha value is -1.40. The maximum atomic E-state index is 12.0. The molecule has 118 valence electrons. The first-order chi connectivity index (χ1) is 9.88. The van der Waals surface area contributed by atoms with Crippen LogP contribution in [0.2, 0.25) is 0 Å². The third kappa shape index (κ3) is 4.54. The number of piperazine rings is 1. The van der Waals surface area contributed by atoms with Gasteiger partial charge in [-0.05, 0) is 6.54 Å². The molecular weight excluding hydrogens is 268 g/mol. The topological polar surface area (TPSA) is 61.6 Å². The Morgan fingerprint density at radius 1 is 1.29 bits per heavy atom. The van der Waals surface area contributed by atoms with E-state index in [2.05, 4.69) is 27.2 Å². The third-order valence-corrected chi connectivity index (χ3v) is 3.80. The minimum absolute atomic E-state index is 0.0336. The van der Waals surface area contributed by atoms with Gasteiger partial charge < -0.3 is 14.7 Å². The highest BCUT2D eigenvalue weighted by atomic mass is 16.5. The third-order valence-electron chi connectivity index (χ3n) is 3.80. The molecule has 6 nitrogen and oxygen atoms in total. The van der Waals surface area contributed by atoms with Crippen LogP contribution in [-0.2, 0) is 10.2 Å². The van der Waals surface area contributed by atoms with Crippen molar-refractivity contribution >= 4 is 11.7 Å². The van der Waals surface area contributed by atoms with Crippen LogP contribution in [0.15, 0.2) is 10.6 Å². The average Bonchev–Trinajstić information content (AvgIpc) is 2.88. The molecule has 1 saturated heterocycles. The van der Waals surface area contributed by atoms with Gasteiger partial charge in [0.25, 0.3) is 0 Å². The fraction of sp³-hybridized carbons (Fsp3) is 0.733. The summed E-state index contributed by atoms with van der Waals surface area (Å²) in [4.78, 5) is 16.6. The quantitative estimate of drug-likeness (QED) is 0.913. The minimum atomic E-state index is -0.105. The second kappa shape index (κ2) is 6.58. The van der Waals surface area contributed by atoms with E-state index < -0.39 is 0 Å². The largest absolute Gasteiger partial charge is 0.359 e. The van der Waals surface area contributed by atoms with Crippen molar-refractivity contribution in [1.29, 1.82) is 0 Å². The zero-order valence-electron chi connectivity index (χ0n) is 13.5. The number of nitrogens with zero attached hydrogens (tertiary/aromatic N) is 3. The van der Waals surface area contributed by atoms with Crippen molar-refractivity contribution < 1.29 is 9.32 Å². The lowest BCUT2D eigenvalue weighted by Crippen LogP contribution is -2.48. The van der Waals surface area contributed by atoms with Gasteiger partial charge in [0.1, 0.15) is 5.76 Å². The molecule has 0 unspecified atom stereocenters. The minimum Gasteiger partial charge on any atom is -0.359 e. The molecule has 1 aromatic rings. The summed E-state index contributed by atoms with van der Waals surface area (Å²) in [5.74, 6) is 1.24. The molecule has 1 fully saturated rings. The summed E-state index contributed by atoms with van der Waals surface area (Å²) in [7, 11) is 0. The van der Waals surface area contributed by atoms with E-state index in [0.717, 1.165) is 38.5 Å². The van der Waals surface area contributed by atoms with Gasteiger partial charge in [-0.3, -0.25) is 9.69 Å². The molecule has 0 bridgehead atoms. The number of likely N-dealkylation sites (N-methyl/N-ethyl adjacent to an activating group) is 1. The predicted octanol–water partition coefficient (Wildman–Crippen LogP) is 1.55. The van der Waals surface area contributed by atoms with E-state index in [1.165, 1.54) is 0 Å². The van der Waals surface area contributed by atoms with E-state index >= 15 is 0 Å². The summed E-state index contributed by atoms with van der Waals surface area (Å²) in [5.41, 5.74) is -0.105. The molecule has 0 aliphatic carbocycles. The van der Waals surface area contributed by atoms with Gasteiger partial charge in [-0.1, -0.05) is 32.9 Å². The Morgan fingerprint density at radius 2 is 1.90 bits per heavy atom. The molecule has 0 spiro atoms. The molecule has 0 atom stereocenters. The van der Waals surface area contributed by atoms with Crippen molar-refractivity contribution in [2.24, 2.45) is 0 Å². The molecule has 2 rings (SSSR count). The summed E-state index contributed by atoms with van der Waals surface area (Å²) in [6, 6.07) is 1.80. The van der Waals surface area contributed by atoms with Crippen LogP contribution in [0.1, 0.15) is 33.5 Å². The van der Waals surface area contributed by atoms with Gasteiger partial charge in [0.05, 0.1) is 6.54 Å². The Kier molecular flexibility index (Phi) is 5.00. The zero-order chi connectivity index (χ0) is 15.5. The lowest BCUT2D eigenvalue weighted by molar-refractivity contribution is -0.117. The number of hydrogen-bond acceptors (Lipinski definition) is 5. The standard InChI is InChI=1S/C15H26N4O2/c1-5-18-6-8-19(9-7-18)11-14(20)16-13-10-12(21-17-13)15(2,3)4/h10H,5-9,11H2,1-4H3,(H,16,17,20). The van der Waals surface area contributed by atoms with Gasteiger partial charge in [0, 0.05) is 37.7 Å². The maximum Gasteiger partial charge on any atom is 0.239 e. The first-order valence-electron chi connectivity index (χ1n) is 7.60. The van der Waals surface area contributed by atoms with Crippen molar-refractivity contribution in [3.63, 3.8) is 0 Å². The van der Waals surface area contributed by atoms with Gasteiger partial charge in [-0.25, -0.2) is 0 Å². The Labute approximate surface area is 126 Å². The average molecular weight is 294 g/mol. The lowest BCUT2D eigenvalue weighted by atomic mass is 9.93. The molecule has 1 aliphatic rings. The van der Waals surface area contributed by atoms with Crippen LogP contribution in [0.5, 0.6) is 0 Å². The van der Waals surface area contributed by atoms with E-state index in [0.29, 0.717) is 12.4 Å². The number of hydrogen-bond donors (Lipinski definition) is 1. The van der Waals surface area contributed by atoms with Gasteiger partial charge in [-0.2, -0.15) is 0 Å². The van der Waals surface area contributed by atoms with Crippen LogP contribution in [0, 0.1) is 0 Å². The molecule has 6 heteroatoms. The number of nitrogens with one attached hydrogen (secondary N) is 1. The monoisotopic (exact) mass is 294 g/mol. The van der Waals surface area contributed by atoms with Gasteiger partial charge >= 0.3 is 0 Å². The number of rotatable bonds is 4. The Morgan fingerprint density at radius 3 is 2.43 bits per heavy atom. The molecule has 1 amide bonds. The number of anilines is 1. The summed E-state index contributed by atoms with van der Waals surface area (Å²) in [6.45, 7) is 13.7. The molecule has 21 heavy (non-hydrogen) atoms. The zero-order valence-corrected chi connectivity index (χ0v) is 13.5. The molecule has 0 aromatic carbocycles. The SMILES string of the molecule is CCN1CCN(CC(=O)Nc2cc(C(C)(C)C)on2)CC1. The second-order valence-corrected chi connectivity index (χ2v) is 6.58. The molecular formula is C15H26N4O2. The summed E-state index contributed by atoms with van der Waals surface area (Å²) in [6.07, 6.45) is 0. The molecule has 1 aromatic heterocycles. The molecule has 2 heterocycles. The number of carbonyl (C=O) groups is 1. The molecule has 0 saturated carbocycles. The number of amides is 1. The second-order valence-electron chi connectivity index (χ2n) is 6.58. The molecule has 0 radical (unpaired) electrons. The molecule has 1 N–H and O–H groups in total. The van der Waals surface area contributed by atoms with Crippen molar-refractivity contribution in [2.45, 2.75) is 33.1 Å². The van der Waals surface area contributed by atoms with Crippen LogP contribution in [0.25, 0.3) is 0 Å². The smallest absolute Gasteiger partial charge is 0.239 e. The summed E-state index contributed by atoms with van der Waals surface area (Å²) < 4.78 is 5.26. The highest BCUT2D eigenvalue weighted by molar-refractivity contribution is 5.91. The van der Waals surface area contributed by atoms with Crippen LogP contribution < -0.4 is 5.32 Å². The van der Waals surface area contributed by atoms with Crippen molar-refractivity contribution in [3.8, 4) is 0 Å². The lowest BCUT2D eigenvalue weighted by Gasteiger charge is -2.33. The summed E-state index contributed by atoms with van der Waals surface area (Å²) >= 11 is 0. The van der Waals surface area contributed by atoms with Crippen LogP contribution >= 0.6 is 0 Å². The highest BCUT2D eigenvalue weighted by Crippen LogP contribution is 2.24. The van der Waals surface area contributed by atoms with Crippen LogP contribution in [-0.4, -0.2) is 60.1 Å². The first kappa shape index (κ1) is 16.0. The Balaban J connectivity index is 1.81. The number of carbonyl (C=O) groups excluding carboxylic acids is 1. The molecule has 1 aliphatic heterocycles.